The molecule has 2 aliphatic rings. The second-order valence-corrected chi connectivity index (χ2v) is 7.53. The summed E-state index contributed by atoms with van der Waals surface area (Å²) >= 11 is 0.602. The fourth-order valence-corrected chi connectivity index (χ4v) is 5.49. The number of benzene rings is 1. The van der Waals surface area contributed by atoms with E-state index in [-0.39, 0.29) is 0 Å². The van der Waals surface area contributed by atoms with E-state index in [2.05, 4.69) is 30.3 Å². The van der Waals surface area contributed by atoms with E-state index in [0.29, 0.717) is 27.2 Å². The van der Waals surface area contributed by atoms with Crippen molar-refractivity contribution in [2.45, 2.75) is 49.1 Å². The minimum atomic E-state index is 0.577. The molecule has 86 valence electrons. The Balaban J connectivity index is 1.69. The van der Waals surface area contributed by atoms with Crippen LogP contribution in [-0.2, 0) is 4.74 Å². The second-order valence-electron chi connectivity index (χ2n) is 4.77. The van der Waals surface area contributed by atoms with Gasteiger partial charge in [0.25, 0.3) is 0 Å². The van der Waals surface area contributed by atoms with Gasteiger partial charge in [-0.05, 0) is 0 Å². The number of fused-ring (bicyclic) bond motifs is 2. The van der Waals surface area contributed by atoms with Gasteiger partial charge in [0, 0.05) is 0 Å². The van der Waals surface area contributed by atoms with Crippen molar-refractivity contribution in [2.75, 3.05) is 0 Å². The average molecular weight is 281 g/mol. The molecule has 0 radical (unpaired) electrons. The van der Waals surface area contributed by atoms with E-state index in [4.69, 9.17) is 4.74 Å². The van der Waals surface area contributed by atoms with Gasteiger partial charge in [-0.3, -0.25) is 0 Å². The molecule has 2 heteroatoms. The Morgan fingerprint density at radius 3 is 2.75 bits per heavy atom. The van der Waals surface area contributed by atoms with Crippen LogP contribution in [0.25, 0.3) is 0 Å². The maximum absolute atomic E-state index is 6.12. The Morgan fingerprint density at radius 1 is 1.00 bits per heavy atom. The predicted molar refractivity (Wildman–Crippen MR) is 67.3 cm³/mol. The Hall–Kier alpha value is -0.301. The van der Waals surface area contributed by atoms with Gasteiger partial charge in [0.05, 0.1) is 0 Å². The van der Waals surface area contributed by atoms with E-state index in [0.717, 1.165) is 4.82 Å². The van der Waals surface area contributed by atoms with Gasteiger partial charge in [0.1, 0.15) is 0 Å². The summed E-state index contributed by atoms with van der Waals surface area (Å²) in [6.45, 7) is 0. The molecule has 2 bridgehead atoms. The Kier molecular flexibility index (Phi) is 3.32. The van der Waals surface area contributed by atoms with Gasteiger partial charge >= 0.3 is 104 Å². The molecule has 1 aromatic rings. The number of rotatable bonds is 2. The van der Waals surface area contributed by atoms with Crippen LogP contribution in [0.2, 0.25) is 4.82 Å². The number of hydrogen-bond donors (Lipinski definition) is 0. The normalized spacial score (nSPS) is 33.6. The van der Waals surface area contributed by atoms with Crippen LogP contribution < -0.4 is 4.46 Å². The van der Waals surface area contributed by atoms with Crippen molar-refractivity contribution >= 4 is 19.4 Å². The Labute approximate surface area is 104 Å². The van der Waals surface area contributed by atoms with Crippen molar-refractivity contribution in [2.24, 2.45) is 0 Å². The molecule has 16 heavy (non-hydrogen) atoms. The Bertz CT molecular complexity index is 338. The molecule has 0 spiro atoms. The summed E-state index contributed by atoms with van der Waals surface area (Å²) in [5, 5.41) is 0. The molecule has 3 atom stereocenters. The first kappa shape index (κ1) is 10.8. The van der Waals surface area contributed by atoms with Gasteiger partial charge in [0.2, 0.25) is 0 Å². The van der Waals surface area contributed by atoms with Gasteiger partial charge < -0.3 is 0 Å². The van der Waals surface area contributed by atoms with Crippen LogP contribution in [0.3, 0.4) is 0 Å². The zero-order chi connectivity index (χ0) is 10.8. The van der Waals surface area contributed by atoms with E-state index in [1.807, 2.05) is 0 Å². The standard InChI is InChI=1S/C14H18OSe/c1-2-6-12(7-3-1)16-14-8-4-5-11-9-10-13(14)15-11/h1-3,6-7,11,13-14H,4-5,8-10H2/t11-,13-,14-/m1/s1. The first-order valence-corrected chi connectivity index (χ1v) is 8.13. The van der Waals surface area contributed by atoms with Crippen molar-refractivity contribution in [1.82, 2.24) is 0 Å². The molecule has 3 rings (SSSR count). The minimum absolute atomic E-state index is 0.577. The summed E-state index contributed by atoms with van der Waals surface area (Å²) < 4.78 is 7.66. The molecule has 0 aliphatic carbocycles. The molecular weight excluding hydrogens is 263 g/mol. The van der Waals surface area contributed by atoms with E-state index in [1.165, 1.54) is 36.6 Å². The molecule has 0 amide bonds. The summed E-state index contributed by atoms with van der Waals surface area (Å²) in [6, 6.07) is 11.0. The summed E-state index contributed by atoms with van der Waals surface area (Å²) in [5.74, 6) is 0. The number of hydrogen-bond acceptors (Lipinski definition) is 1. The first-order chi connectivity index (χ1) is 7.92. The molecule has 1 nitrogen and oxygen atoms in total. The summed E-state index contributed by atoms with van der Waals surface area (Å²) in [4.78, 5) is 0.822. The number of ether oxygens (including phenoxy) is 1. The second kappa shape index (κ2) is 4.91. The topological polar surface area (TPSA) is 9.23 Å². The molecule has 2 saturated heterocycles. The molecular formula is C14H18OSe. The molecule has 0 unspecified atom stereocenters. The van der Waals surface area contributed by atoms with Crippen molar-refractivity contribution in [3.63, 3.8) is 0 Å². The van der Waals surface area contributed by atoms with Crippen LogP contribution in [0.5, 0.6) is 0 Å². The van der Waals surface area contributed by atoms with Gasteiger partial charge in [-0.1, -0.05) is 0 Å². The summed E-state index contributed by atoms with van der Waals surface area (Å²) in [5.41, 5.74) is 0. The van der Waals surface area contributed by atoms with Crippen LogP contribution in [-0.4, -0.2) is 27.2 Å². The fraction of sp³-hybridized carbons (Fsp3) is 0.571. The van der Waals surface area contributed by atoms with Crippen LogP contribution in [0.1, 0.15) is 32.1 Å². The van der Waals surface area contributed by atoms with E-state index < -0.39 is 0 Å². The van der Waals surface area contributed by atoms with Gasteiger partial charge in [-0.25, -0.2) is 0 Å². The molecule has 2 heterocycles. The van der Waals surface area contributed by atoms with Crippen LogP contribution in [0.15, 0.2) is 30.3 Å². The summed E-state index contributed by atoms with van der Waals surface area (Å²) in [6.07, 6.45) is 7.86. The fourth-order valence-electron chi connectivity index (χ4n) is 2.76. The average Bonchev–Trinajstić information content (AvgIpc) is 2.68. The van der Waals surface area contributed by atoms with Crippen LogP contribution in [0.4, 0.5) is 0 Å². The third-order valence-corrected chi connectivity index (χ3v) is 6.51. The molecule has 2 fully saturated rings. The van der Waals surface area contributed by atoms with Crippen molar-refractivity contribution in [3.8, 4) is 0 Å². The quantitative estimate of drug-likeness (QED) is 0.757. The Morgan fingerprint density at radius 2 is 1.88 bits per heavy atom. The van der Waals surface area contributed by atoms with Gasteiger partial charge in [0.15, 0.2) is 0 Å². The van der Waals surface area contributed by atoms with Crippen molar-refractivity contribution in [3.05, 3.63) is 30.3 Å². The SMILES string of the molecule is c1ccc([Se][C@@H]2CCC[C@@H]3CC[C@H]2O3)cc1. The monoisotopic (exact) mass is 282 g/mol. The molecule has 0 saturated carbocycles. The summed E-state index contributed by atoms with van der Waals surface area (Å²) in [7, 11) is 0. The van der Waals surface area contributed by atoms with Crippen molar-refractivity contribution < 1.29 is 4.74 Å². The van der Waals surface area contributed by atoms with E-state index >= 15 is 0 Å². The van der Waals surface area contributed by atoms with Gasteiger partial charge in [-0.2, -0.15) is 0 Å². The third kappa shape index (κ3) is 2.34. The molecule has 0 aromatic heterocycles. The third-order valence-electron chi connectivity index (χ3n) is 3.60. The predicted octanol–water partition coefficient (Wildman–Crippen LogP) is 2.54. The van der Waals surface area contributed by atoms with E-state index in [1.54, 1.807) is 0 Å². The van der Waals surface area contributed by atoms with E-state index in [9.17, 15) is 0 Å². The first-order valence-electron chi connectivity index (χ1n) is 6.29. The molecule has 2 aliphatic heterocycles. The maximum atomic E-state index is 6.12. The van der Waals surface area contributed by atoms with Crippen molar-refractivity contribution in [1.29, 1.82) is 0 Å². The van der Waals surface area contributed by atoms with Crippen LogP contribution in [0, 0.1) is 0 Å². The molecule has 1 aromatic carbocycles. The zero-order valence-corrected chi connectivity index (χ0v) is 11.2. The zero-order valence-electron chi connectivity index (χ0n) is 9.47. The van der Waals surface area contributed by atoms with Crippen LogP contribution >= 0.6 is 0 Å². The van der Waals surface area contributed by atoms with Gasteiger partial charge in [-0.15, -0.1) is 0 Å². The molecule has 0 N–H and O–H groups in total.